The second kappa shape index (κ2) is 10.1. The number of nitrogens with one attached hydrogen (secondary N) is 1. The van der Waals surface area contributed by atoms with Crippen LogP contribution in [0, 0.1) is 5.92 Å². The lowest BCUT2D eigenvalue weighted by Crippen LogP contribution is -2.43. The van der Waals surface area contributed by atoms with Gasteiger partial charge in [-0.3, -0.25) is 9.59 Å². The largest absolute Gasteiger partial charge is 0.446 e. The SMILES string of the molecule is CC1(C)C(=O)N(c2ccc(SC(F)(F)F)cc2)C(=O)N1Cc1ccnc(NC(=O)C2CCCCC2)c1. The predicted octanol–water partition coefficient (Wildman–Crippen LogP) is 5.96. The second-order valence-corrected chi connectivity index (χ2v) is 10.6. The minimum Gasteiger partial charge on any atom is -0.310 e. The van der Waals surface area contributed by atoms with Gasteiger partial charge in [0.25, 0.3) is 5.91 Å². The molecule has 0 bridgehead atoms. The van der Waals surface area contributed by atoms with Crippen LogP contribution in [0.5, 0.6) is 0 Å². The first-order valence-electron chi connectivity index (χ1n) is 11.7. The second-order valence-electron chi connectivity index (χ2n) is 9.48. The Hall–Kier alpha value is -3.08. The normalized spacial score (nSPS) is 18.6. The van der Waals surface area contributed by atoms with Crippen LogP contribution in [0.3, 0.4) is 0 Å². The van der Waals surface area contributed by atoms with Crippen molar-refractivity contribution in [2.45, 2.75) is 68.4 Å². The number of carbonyl (C=O) groups is 3. The van der Waals surface area contributed by atoms with Crippen molar-refractivity contribution in [3.05, 3.63) is 48.2 Å². The summed E-state index contributed by atoms with van der Waals surface area (Å²) in [6, 6.07) is 7.92. The molecule has 0 atom stereocenters. The molecule has 2 aliphatic rings. The van der Waals surface area contributed by atoms with E-state index in [1.807, 2.05) is 0 Å². The van der Waals surface area contributed by atoms with Crippen molar-refractivity contribution < 1.29 is 27.6 Å². The van der Waals surface area contributed by atoms with Gasteiger partial charge in [0.1, 0.15) is 11.4 Å². The smallest absolute Gasteiger partial charge is 0.310 e. The van der Waals surface area contributed by atoms with Crippen LogP contribution in [0.2, 0.25) is 0 Å². The molecule has 36 heavy (non-hydrogen) atoms. The van der Waals surface area contributed by atoms with Crippen molar-refractivity contribution >= 4 is 41.1 Å². The summed E-state index contributed by atoms with van der Waals surface area (Å²) in [4.78, 5) is 45.6. The van der Waals surface area contributed by atoms with Gasteiger partial charge in [-0.25, -0.2) is 14.7 Å². The van der Waals surface area contributed by atoms with Crippen molar-refractivity contribution in [3.8, 4) is 0 Å². The molecule has 1 aromatic heterocycles. The third-order valence-electron chi connectivity index (χ3n) is 6.54. The zero-order valence-electron chi connectivity index (χ0n) is 20.0. The van der Waals surface area contributed by atoms with Gasteiger partial charge in [-0.05, 0) is 80.4 Å². The Labute approximate surface area is 211 Å². The lowest BCUT2D eigenvalue weighted by molar-refractivity contribution is -0.123. The van der Waals surface area contributed by atoms with Gasteiger partial charge < -0.3 is 10.2 Å². The van der Waals surface area contributed by atoms with E-state index in [9.17, 15) is 27.6 Å². The number of aromatic nitrogens is 1. The van der Waals surface area contributed by atoms with Crippen LogP contribution in [-0.2, 0) is 16.1 Å². The molecule has 1 aliphatic heterocycles. The van der Waals surface area contributed by atoms with Gasteiger partial charge in [0, 0.05) is 23.6 Å². The average Bonchev–Trinajstić information content (AvgIpc) is 2.99. The van der Waals surface area contributed by atoms with Gasteiger partial charge in [-0.2, -0.15) is 13.2 Å². The summed E-state index contributed by atoms with van der Waals surface area (Å²) in [5, 5.41) is 2.86. The number of hydrogen-bond acceptors (Lipinski definition) is 5. The van der Waals surface area contributed by atoms with Gasteiger partial charge in [-0.1, -0.05) is 19.3 Å². The van der Waals surface area contributed by atoms with Crippen LogP contribution in [0.25, 0.3) is 0 Å². The van der Waals surface area contributed by atoms with E-state index in [1.54, 1.807) is 26.0 Å². The third kappa shape index (κ3) is 5.66. The summed E-state index contributed by atoms with van der Waals surface area (Å²) < 4.78 is 37.9. The van der Waals surface area contributed by atoms with Crippen LogP contribution in [-0.4, -0.2) is 38.8 Å². The number of imide groups is 1. The molecular weight excluding hydrogens is 493 g/mol. The minimum atomic E-state index is -4.43. The van der Waals surface area contributed by atoms with E-state index in [1.165, 1.54) is 35.4 Å². The molecule has 0 unspecified atom stereocenters. The zero-order chi connectivity index (χ0) is 26.1. The number of pyridine rings is 1. The van der Waals surface area contributed by atoms with E-state index in [0.717, 1.165) is 37.0 Å². The average molecular weight is 521 g/mol. The molecule has 0 spiro atoms. The molecule has 1 saturated heterocycles. The molecule has 2 fully saturated rings. The number of hydrogen-bond donors (Lipinski definition) is 1. The van der Waals surface area contributed by atoms with Crippen molar-refractivity contribution in [1.29, 1.82) is 0 Å². The Morgan fingerprint density at radius 3 is 2.42 bits per heavy atom. The molecule has 1 aromatic carbocycles. The number of amides is 4. The highest BCUT2D eigenvalue weighted by Crippen LogP contribution is 2.39. The summed E-state index contributed by atoms with van der Waals surface area (Å²) in [6.07, 6.45) is 6.46. The first kappa shape index (κ1) is 26.0. The molecular formula is C25H27F3N4O3S. The van der Waals surface area contributed by atoms with Gasteiger partial charge in [0.05, 0.1) is 5.69 Å². The zero-order valence-corrected chi connectivity index (χ0v) is 20.8. The lowest BCUT2D eigenvalue weighted by atomic mass is 9.89. The molecule has 2 heterocycles. The number of nitrogens with zero attached hydrogens (tertiary/aromatic N) is 3. The fourth-order valence-corrected chi connectivity index (χ4v) is 5.08. The molecule has 7 nitrogen and oxygen atoms in total. The Morgan fingerprint density at radius 1 is 1.11 bits per heavy atom. The highest BCUT2D eigenvalue weighted by atomic mass is 32.2. The Bertz CT molecular complexity index is 1150. The highest BCUT2D eigenvalue weighted by molar-refractivity contribution is 8.00. The van der Waals surface area contributed by atoms with Crippen molar-refractivity contribution in [2.24, 2.45) is 5.92 Å². The van der Waals surface area contributed by atoms with E-state index < -0.39 is 23.0 Å². The van der Waals surface area contributed by atoms with Crippen LogP contribution in [0.4, 0.5) is 29.5 Å². The molecule has 4 amide bonds. The molecule has 11 heteroatoms. The van der Waals surface area contributed by atoms with Gasteiger partial charge in [0.15, 0.2) is 0 Å². The maximum atomic E-state index is 13.3. The van der Waals surface area contributed by atoms with Crippen molar-refractivity contribution in [2.75, 3.05) is 10.2 Å². The van der Waals surface area contributed by atoms with Crippen LogP contribution < -0.4 is 10.2 Å². The number of carbonyl (C=O) groups excluding carboxylic acids is 3. The summed E-state index contributed by atoms with van der Waals surface area (Å²) in [5.74, 6) is -0.196. The minimum absolute atomic E-state index is 0.0320. The van der Waals surface area contributed by atoms with E-state index in [-0.39, 0.29) is 40.7 Å². The predicted molar refractivity (Wildman–Crippen MR) is 130 cm³/mol. The Kier molecular flexibility index (Phi) is 7.31. The number of benzene rings is 1. The number of halogens is 3. The maximum absolute atomic E-state index is 13.3. The van der Waals surface area contributed by atoms with E-state index >= 15 is 0 Å². The number of urea groups is 1. The highest BCUT2D eigenvalue weighted by Gasteiger charge is 2.51. The Morgan fingerprint density at radius 2 is 1.78 bits per heavy atom. The van der Waals surface area contributed by atoms with Crippen LogP contribution in [0.15, 0.2) is 47.5 Å². The van der Waals surface area contributed by atoms with Crippen molar-refractivity contribution in [1.82, 2.24) is 9.88 Å². The first-order valence-corrected chi connectivity index (χ1v) is 12.5. The molecule has 0 radical (unpaired) electrons. The Balaban J connectivity index is 1.49. The molecule has 192 valence electrons. The topological polar surface area (TPSA) is 82.6 Å². The summed E-state index contributed by atoms with van der Waals surface area (Å²) in [5.41, 5.74) is -4.75. The van der Waals surface area contributed by atoms with E-state index in [4.69, 9.17) is 0 Å². The van der Waals surface area contributed by atoms with Gasteiger partial charge in [0.2, 0.25) is 5.91 Å². The first-order chi connectivity index (χ1) is 17.0. The lowest BCUT2D eigenvalue weighted by Gasteiger charge is -2.27. The fraction of sp³-hybridized carbons (Fsp3) is 0.440. The molecule has 1 aliphatic carbocycles. The summed E-state index contributed by atoms with van der Waals surface area (Å²) >= 11 is -0.265. The molecule has 4 rings (SSSR count). The summed E-state index contributed by atoms with van der Waals surface area (Å²) in [7, 11) is 0. The number of thioether (sulfide) groups is 1. The third-order valence-corrected chi connectivity index (χ3v) is 7.28. The van der Waals surface area contributed by atoms with E-state index in [2.05, 4.69) is 10.3 Å². The van der Waals surface area contributed by atoms with Crippen molar-refractivity contribution in [3.63, 3.8) is 0 Å². The summed E-state index contributed by atoms with van der Waals surface area (Å²) in [6.45, 7) is 3.33. The van der Waals surface area contributed by atoms with Crippen LogP contribution in [0.1, 0.15) is 51.5 Å². The van der Waals surface area contributed by atoms with Gasteiger partial charge in [-0.15, -0.1) is 0 Å². The fourth-order valence-electron chi connectivity index (χ4n) is 4.54. The number of anilines is 2. The molecule has 1 saturated carbocycles. The van der Waals surface area contributed by atoms with Gasteiger partial charge >= 0.3 is 11.5 Å². The number of alkyl halides is 3. The number of rotatable bonds is 6. The quantitative estimate of drug-likeness (QED) is 0.375. The maximum Gasteiger partial charge on any atom is 0.446 e. The molecule has 1 N–H and O–H groups in total. The van der Waals surface area contributed by atoms with E-state index in [0.29, 0.717) is 11.4 Å². The standard InChI is InChI=1S/C25H27F3N4O3S/c1-24(2)22(34)32(18-8-10-19(11-9-18)36-25(26,27)28)23(35)31(24)15-16-12-13-29-20(14-16)30-21(33)17-6-4-3-5-7-17/h8-14,17H,3-7,15H2,1-2H3,(H,29,30,33). The monoisotopic (exact) mass is 520 g/mol. The molecule has 2 aromatic rings. The van der Waals surface area contributed by atoms with Crippen LogP contribution >= 0.6 is 11.8 Å².